The lowest BCUT2D eigenvalue weighted by Gasteiger charge is -2.29. The summed E-state index contributed by atoms with van der Waals surface area (Å²) in [6.07, 6.45) is 2.14. The Hall–Kier alpha value is -2.89. The lowest BCUT2D eigenvalue weighted by Crippen LogP contribution is -2.36. The minimum Gasteiger partial charge on any atom is -0.494 e. The molecule has 0 spiro atoms. The van der Waals surface area contributed by atoms with Gasteiger partial charge in [-0.2, -0.15) is 4.98 Å². The van der Waals surface area contributed by atoms with Crippen molar-refractivity contribution in [2.24, 2.45) is 0 Å². The number of nitrogens with one attached hydrogen (secondary N) is 2. The maximum atomic E-state index is 12.7. The van der Waals surface area contributed by atoms with Gasteiger partial charge in [0.1, 0.15) is 11.6 Å². The maximum Gasteiger partial charge on any atom is 0.229 e. The average Bonchev–Trinajstić information content (AvgIpc) is 2.87. The lowest BCUT2D eigenvalue weighted by molar-refractivity contribution is 0.122. The predicted molar refractivity (Wildman–Crippen MR) is 141 cm³/mol. The molecule has 4 rings (SSSR count). The maximum absolute atomic E-state index is 12.7. The fourth-order valence-electron chi connectivity index (χ4n) is 3.78. The van der Waals surface area contributed by atoms with E-state index in [0.29, 0.717) is 53.0 Å². The summed E-state index contributed by atoms with van der Waals surface area (Å²) in [6.45, 7) is 4.90. The number of benzene rings is 2. The summed E-state index contributed by atoms with van der Waals surface area (Å²) in [5.41, 5.74) is 2.22. The smallest absolute Gasteiger partial charge is 0.229 e. The Balaban J connectivity index is 1.58. The van der Waals surface area contributed by atoms with Gasteiger partial charge in [-0.25, -0.2) is 13.4 Å². The second-order valence-electron chi connectivity index (χ2n) is 7.94. The van der Waals surface area contributed by atoms with E-state index in [0.717, 1.165) is 18.8 Å². The number of halogens is 1. The van der Waals surface area contributed by atoms with Gasteiger partial charge in [0, 0.05) is 31.0 Å². The number of para-hydroxylation sites is 1. The van der Waals surface area contributed by atoms with E-state index in [-0.39, 0.29) is 10.6 Å². The van der Waals surface area contributed by atoms with Crippen LogP contribution in [-0.4, -0.2) is 57.6 Å². The highest BCUT2D eigenvalue weighted by molar-refractivity contribution is 9.10. The molecule has 0 bridgehead atoms. The zero-order valence-corrected chi connectivity index (χ0v) is 22.0. The monoisotopic (exact) mass is 561 g/mol. The molecule has 2 aromatic carbocycles. The van der Waals surface area contributed by atoms with Crippen LogP contribution in [0.5, 0.6) is 5.75 Å². The third kappa shape index (κ3) is 6.03. The minimum absolute atomic E-state index is 0.0731. The molecule has 35 heavy (non-hydrogen) atoms. The summed E-state index contributed by atoms with van der Waals surface area (Å²) < 4.78 is 37.1. The molecule has 11 heteroatoms. The highest BCUT2D eigenvalue weighted by Gasteiger charge is 2.19. The molecule has 0 aliphatic carbocycles. The molecule has 1 saturated heterocycles. The van der Waals surface area contributed by atoms with E-state index < -0.39 is 9.84 Å². The molecule has 1 aromatic heterocycles. The van der Waals surface area contributed by atoms with Crippen LogP contribution in [0.1, 0.15) is 13.3 Å². The fraction of sp³-hybridized carbons (Fsp3) is 0.333. The molecule has 9 nitrogen and oxygen atoms in total. The lowest BCUT2D eigenvalue weighted by atomic mass is 10.2. The number of hydrogen-bond acceptors (Lipinski definition) is 9. The molecule has 0 unspecified atom stereocenters. The molecule has 1 aliphatic heterocycles. The van der Waals surface area contributed by atoms with Crippen LogP contribution in [0.25, 0.3) is 0 Å². The normalized spacial score (nSPS) is 14.0. The molecular formula is C24H28BrN5O4S. The summed E-state index contributed by atoms with van der Waals surface area (Å²) in [4.78, 5) is 11.4. The van der Waals surface area contributed by atoms with Crippen LogP contribution >= 0.6 is 15.9 Å². The number of morpholine rings is 1. The molecule has 3 aromatic rings. The van der Waals surface area contributed by atoms with Gasteiger partial charge in [0.2, 0.25) is 5.95 Å². The summed E-state index contributed by atoms with van der Waals surface area (Å²) in [5.74, 6) is 1.50. The third-order valence-electron chi connectivity index (χ3n) is 5.50. The first-order valence-corrected chi connectivity index (χ1v) is 13.7. The number of sulfone groups is 1. The molecule has 0 amide bonds. The van der Waals surface area contributed by atoms with Gasteiger partial charge >= 0.3 is 0 Å². The van der Waals surface area contributed by atoms with Gasteiger partial charge in [-0.1, -0.05) is 19.1 Å². The van der Waals surface area contributed by atoms with Crippen molar-refractivity contribution in [1.29, 1.82) is 0 Å². The van der Waals surface area contributed by atoms with Crippen LogP contribution in [0.15, 0.2) is 58.0 Å². The van der Waals surface area contributed by atoms with Crippen molar-refractivity contribution >= 4 is 54.6 Å². The molecular weight excluding hydrogens is 534 g/mol. The van der Waals surface area contributed by atoms with E-state index in [9.17, 15) is 8.42 Å². The summed E-state index contributed by atoms with van der Waals surface area (Å²) in [7, 11) is -1.80. The molecule has 1 aliphatic rings. The van der Waals surface area contributed by atoms with Crippen LogP contribution in [0.2, 0.25) is 0 Å². The van der Waals surface area contributed by atoms with Crippen LogP contribution in [0, 0.1) is 0 Å². The zero-order valence-electron chi connectivity index (χ0n) is 19.6. The van der Waals surface area contributed by atoms with Crippen molar-refractivity contribution in [3.05, 3.63) is 53.1 Å². The highest BCUT2D eigenvalue weighted by Crippen LogP contribution is 2.33. The van der Waals surface area contributed by atoms with Crippen molar-refractivity contribution in [2.45, 2.75) is 18.2 Å². The largest absolute Gasteiger partial charge is 0.494 e. The van der Waals surface area contributed by atoms with Crippen molar-refractivity contribution in [3.8, 4) is 5.75 Å². The Labute approximate surface area is 213 Å². The SMILES string of the molecule is CCCS(=O)(=O)c1ccccc1Nc1nc(Nc2ccc(N3CCOCC3)cc2OC)ncc1Br. The van der Waals surface area contributed by atoms with Gasteiger partial charge in [0.15, 0.2) is 9.84 Å². The molecule has 2 N–H and O–H groups in total. The molecule has 0 atom stereocenters. The summed E-state index contributed by atoms with van der Waals surface area (Å²) in [6, 6.07) is 12.7. The molecule has 1 fully saturated rings. The Morgan fingerprint density at radius 2 is 1.89 bits per heavy atom. The van der Waals surface area contributed by atoms with E-state index in [4.69, 9.17) is 9.47 Å². The highest BCUT2D eigenvalue weighted by atomic mass is 79.9. The Bertz CT molecular complexity index is 1280. The quantitative estimate of drug-likeness (QED) is 0.382. The van der Waals surface area contributed by atoms with E-state index in [2.05, 4.69) is 41.4 Å². The van der Waals surface area contributed by atoms with Crippen LogP contribution < -0.4 is 20.3 Å². The second kappa shape index (κ2) is 11.2. The van der Waals surface area contributed by atoms with Crippen molar-refractivity contribution in [3.63, 3.8) is 0 Å². The third-order valence-corrected chi connectivity index (χ3v) is 8.05. The number of anilines is 5. The van der Waals surface area contributed by atoms with Gasteiger partial charge in [0.05, 0.1) is 46.8 Å². The number of ether oxygens (including phenoxy) is 2. The van der Waals surface area contributed by atoms with E-state index >= 15 is 0 Å². The van der Waals surface area contributed by atoms with E-state index in [1.165, 1.54) is 0 Å². The summed E-state index contributed by atoms with van der Waals surface area (Å²) in [5, 5.41) is 6.35. The number of methoxy groups -OCH3 is 1. The molecule has 0 saturated carbocycles. The molecule has 0 radical (unpaired) electrons. The Morgan fingerprint density at radius 3 is 2.63 bits per heavy atom. The van der Waals surface area contributed by atoms with Crippen molar-refractivity contribution < 1.29 is 17.9 Å². The Morgan fingerprint density at radius 1 is 1.11 bits per heavy atom. The van der Waals surface area contributed by atoms with Gasteiger partial charge in [-0.05, 0) is 46.6 Å². The molecule has 186 valence electrons. The van der Waals surface area contributed by atoms with Gasteiger partial charge in [-0.3, -0.25) is 0 Å². The fourth-order valence-corrected chi connectivity index (χ4v) is 5.57. The van der Waals surface area contributed by atoms with Crippen LogP contribution in [0.4, 0.5) is 28.8 Å². The first kappa shape index (κ1) is 25.2. The average molecular weight is 562 g/mol. The molecule has 2 heterocycles. The van der Waals surface area contributed by atoms with Gasteiger partial charge < -0.3 is 25.0 Å². The van der Waals surface area contributed by atoms with E-state index in [1.807, 2.05) is 25.1 Å². The topological polar surface area (TPSA) is 106 Å². The Kier molecular flexibility index (Phi) is 8.09. The predicted octanol–water partition coefficient (Wildman–Crippen LogP) is 4.76. The van der Waals surface area contributed by atoms with Gasteiger partial charge in [-0.15, -0.1) is 0 Å². The number of rotatable bonds is 9. The number of hydrogen-bond donors (Lipinski definition) is 2. The van der Waals surface area contributed by atoms with Crippen molar-refractivity contribution in [1.82, 2.24) is 9.97 Å². The number of aromatic nitrogens is 2. The second-order valence-corrected chi connectivity index (χ2v) is 10.9. The number of nitrogens with zero attached hydrogens (tertiary/aromatic N) is 3. The standard InChI is InChI=1S/C24H28BrN5O4S/c1-3-14-35(31,32)22-7-5-4-6-20(22)27-23-18(25)16-26-24(29-23)28-19-9-8-17(15-21(19)33-2)30-10-12-34-13-11-30/h4-9,15-16H,3,10-14H2,1-2H3,(H2,26,27,28,29). The zero-order chi connectivity index (χ0) is 24.8. The van der Waals surface area contributed by atoms with Crippen LogP contribution in [0.3, 0.4) is 0 Å². The summed E-state index contributed by atoms with van der Waals surface area (Å²) >= 11 is 3.46. The first-order valence-electron chi connectivity index (χ1n) is 11.3. The van der Waals surface area contributed by atoms with E-state index in [1.54, 1.807) is 37.6 Å². The van der Waals surface area contributed by atoms with Gasteiger partial charge in [0.25, 0.3) is 0 Å². The first-order chi connectivity index (χ1) is 16.9. The minimum atomic E-state index is -3.42. The van der Waals surface area contributed by atoms with Crippen molar-refractivity contribution in [2.75, 3.05) is 54.7 Å². The van der Waals surface area contributed by atoms with Crippen LogP contribution in [-0.2, 0) is 14.6 Å².